The maximum atomic E-state index is 5.81. The van der Waals surface area contributed by atoms with Crippen LogP contribution in [0.4, 0.5) is 11.4 Å². The lowest BCUT2D eigenvalue weighted by molar-refractivity contribution is 0.337. The molecule has 0 unspecified atom stereocenters. The number of nitrogens with zero attached hydrogens (tertiary/aromatic N) is 1. The molecular weight excluding hydrogens is 226 g/mol. The van der Waals surface area contributed by atoms with Crippen molar-refractivity contribution in [3.8, 4) is 5.75 Å². The van der Waals surface area contributed by atoms with Gasteiger partial charge in [-0.3, -0.25) is 0 Å². The van der Waals surface area contributed by atoms with Gasteiger partial charge >= 0.3 is 0 Å². The third kappa shape index (κ3) is 3.81. The fourth-order valence-corrected chi connectivity index (χ4v) is 2.38. The van der Waals surface area contributed by atoms with Crippen molar-refractivity contribution in [2.24, 2.45) is 0 Å². The Kier molecular flexibility index (Phi) is 4.70. The van der Waals surface area contributed by atoms with Crippen LogP contribution in [0.25, 0.3) is 0 Å². The van der Waals surface area contributed by atoms with Crippen LogP contribution in [0.2, 0.25) is 0 Å². The van der Waals surface area contributed by atoms with Crippen LogP contribution in [-0.4, -0.2) is 38.2 Å². The molecular formula is C14H23N3O. The molecule has 0 bridgehead atoms. The minimum absolute atomic E-state index is 0.733. The second kappa shape index (κ2) is 6.50. The van der Waals surface area contributed by atoms with E-state index in [0.717, 1.165) is 30.1 Å². The summed E-state index contributed by atoms with van der Waals surface area (Å²) in [5, 5.41) is 3.40. The van der Waals surface area contributed by atoms with E-state index in [1.54, 1.807) is 7.11 Å². The zero-order valence-electron chi connectivity index (χ0n) is 11.1. The molecule has 3 N–H and O–H groups in total. The largest absolute Gasteiger partial charge is 0.497 e. The summed E-state index contributed by atoms with van der Waals surface area (Å²) in [6, 6.07) is 5.75. The van der Waals surface area contributed by atoms with Crippen molar-refractivity contribution >= 4 is 11.4 Å². The minimum Gasteiger partial charge on any atom is -0.497 e. The van der Waals surface area contributed by atoms with Crippen LogP contribution in [0.5, 0.6) is 5.75 Å². The number of methoxy groups -OCH3 is 1. The van der Waals surface area contributed by atoms with E-state index < -0.39 is 0 Å². The Balaban J connectivity index is 1.73. The quantitative estimate of drug-likeness (QED) is 0.599. The minimum atomic E-state index is 0.733. The van der Waals surface area contributed by atoms with Crippen LogP contribution in [0.1, 0.15) is 19.3 Å². The van der Waals surface area contributed by atoms with E-state index in [-0.39, 0.29) is 0 Å². The molecule has 1 aromatic carbocycles. The normalized spacial score (nSPS) is 15.8. The molecule has 0 saturated carbocycles. The third-order valence-corrected chi connectivity index (χ3v) is 3.34. The summed E-state index contributed by atoms with van der Waals surface area (Å²) in [4.78, 5) is 2.53. The Labute approximate surface area is 109 Å². The van der Waals surface area contributed by atoms with Gasteiger partial charge < -0.3 is 20.7 Å². The smallest absolute Gasteiger partial charge is 0.122 e. The van der Waals surface area contributed by atoms with Gasteiger partial charge in [-0.2, -0.15) is 0 Å². The summed E-state index contributed by atoms with van der Waals surface area (Å²) in [6.07, 6.45) is 3.89. The average Bonchev–Trinajstić information content (AvgIpc) is 2.87. The van der Waals surface area contributed by atoms with Gasteiger partial charge in [0.15, 0.2) is 0 Å². The number of benzene rings is 1. The van der Waals surface area contributed by atoms with E-state index in [1.165, 1.54) is 32.5 Å². The van der Waals surface area contributed by atoms with Gasteiger partial charge in [0.25, 0.3) is 0 Å². The van der Waals surface area contributed by atoms with E-state index in [0.29, 0.717) is 0 Å². The fourth-order valence-electron chi connectivity index (χ4n) is 2.38. The Morgan fingerprint density at radius 1 is 1.28 bits per heavy atom. The highest BCUT2D eigenvalue weighted by atomic mass is 16.5. The number of hydrogen-bond donors (Lipinski definition) is 2. The van der Waals surface area contributed by atoms with Gasteiger partial charge in [0.2, 0.25) is 0 Å². The number of nitrogen functional groups attached to an aromatic ring is 1. The lowest BCUT2D eigenvalue weighted by Gasteiger charge is -2.15. The molecule has 1 saturated heterocycles. The van der Waals surface area contributed by atoms with Gasteiger partial charge in [0, 0.05) is 30.1 Å². The van der Waals surface area contributed by atoms with Crippen LogP contribution in [0.15, 0.2) is 18.2 Å². The van der Waals surface area contributed by atoms with E-state index in [4.69, 9.17) is 10.5 Å². The summed E-state index contributed by atoms with van der Waals surface area (Å²) < 4.78 is 5.20. The molecule has 1 heterocycles. The zero-order chi connectivity index (χ0) is 12.8. The molecule has 0 atom stereocenters. The highest BCUT2D eigenvalue weighted by molar-refractivity contribution is 5.59. The maximum Gasteiger partial charge on any atom is 0.122 e. The van der Waals surface area contributed by atoms with Crippen LogP contribution >= 0.6 is 0 Å². The number of hydrogen-bond acceptors (Lipinski definition) is 4. The first-order chi connectivity index (χ1) is 8.78. The van der Waals surface area contributed by atoms with Crippen molar-refractivity contribution in [3.05, 3.63) is 18.2 Å². The van der Waals surface area contributed by atoms with Gasteiger partial charge in [0.05, 0.1) is 7.11 Å². The molecule has 100 valence electrons. The second-order valence-electron chi connectivity index (χ2n) is 4.82. The highest BCUT2D eigenvalue weighted by Gasteiger charge is 2.10. The summed E-state index contributed by atoms with van der Waals surface area (Å²) >= 11 is 0. The van der Waals surface area contributed by atoms with E-state index in [1.807, 2.05) is 18.2 Å². The monoisotopic (exact) mass is 249 g/mol. The van der Waals surface area contributed by atoms with Crippen LogP contribution < -0.4 is 15.8 Å². The van der Waals surface area contributed by atoms with E-state index in [9.17, 15) is 0 Å². The number of nitrogens with two attached hydrogens (primary N) is 1. The molecule has 0 aliphatic carbocycles. The van der Waals surface area contributed by atoms with Crippen LogP contribution in [0, 0.1) is 0 Å². The SMILES string of the molecule is COc1cc(N)cc(NCCCN2CCCC2)c1. The van der Waals surface area contributed by atoms with Gasteiger partial charge in [-0.1, -0.05) is 0 Å². The van der Waals surface area contributed by atoms with Crippen molar-refractivity contribution in [3.63, 3.8) is 0 Å². The number of ether oxygens (including phenoxy) is 1. The topological polar surface area (TPSA) is 50.5 Å². The van der Waals surface area contributed by atoms with Gasteiger partial charge in [0.1, 0.15) is 5.75 Å². The molecule has 4 nitrogen and oxygen atoms in total. The Morgan fingerprint density at radius 3 is 2.78 bits per heavy atom. The standard InChI is InChI=1S/C14H23N3O/c1-18-14-10-12(15)9-13(11-14)16-5-4-8-17-6-2-3-7-17/h9-11,16H,2-8,15H2,1H3. The predicted octanol–water partition coefficient (Wildman–Crippen LogP) is 2.18. The lowest BCUT2D eigenvalue weighted by atomic mass is 10.2. The molecule has 18 heavy (non-hydrogen) atoms. The second-order valence-corrected chi connectivity index (χ2v) is 4.82. The summed E-state index contributed by atoms with van der Waals surface area (Å²) in [6.45, 7) is 4.70. The molecule has 1 aromatic rings. The molecule has 4 heteroatoms. The molecule has 0 amide bonds. The molecule has 1 fully saturated rings. The molecule has 0 aromatic heterocycles. The van der Waals surface area contributed by atoms with Crippen molar-refractivity contribution < 1.29 is 4.74 Å². The first kappa shape index (κ1) is 13.0. The van der Waals surface area contributed by atoms with E-state index >= 15 is 0 Å². The summed E-state index contributed by atoms with van der Waals surface area (Å²) in [5.41, 5.74) is 7.58. The van der Waals surface area contributed by atoms with Crippen molar-refractivity contribution in [2.45, 2.75) is 19.3 Å². The Bertz CT molecular complexity index is 375. The van der Waals surface area contributed by atoms with Crippen LogP contribution in [-0.2, 0) is 0 Å². The van der Waals surface area contributed by atoms with E-state index in [2.05, 4.69) is 10.2 Å². The number of rotatable bonds is 6. The molecule has 2 rings (SSSR count). The summed E-state index contributed by atoms with van der Waals surface area (Å²) in [7, 11) is 1.66. The van der Waals surface area contributed by atoms with Gasteiger partial charge in [-0.25, -0.2) is 0 Å². The molecule has 1 aliphatic heterocycles. The summed E-state index contributed by atoms with van der Waals surface area (Å²) in [5.74, 6) is 0.803. The molecule has 0 spiro atoms. The average molecular weight is 249 g/mol. The van der Waals surface area contributed by atoms with Crippen molar-refractivity contribution in [1.29, 1.82) is 0 Å². The number of nitrogens with one attached hydrogen (secondary N) is 1. The molecule has 0 radical (unpaired) electrons. The zero-order valence-corrected chi connectivity index (χ0v) is 11.1. The van der Waals surface area contributed by atoms with Crippen molar-refractivity contribution in [1.82, 2.24) is 4.90 Å². The molecule has 1 aliphatic rings. The first-order valence-corrected chi connectivity index (χ1v) is 6.69. The van der Waals surface area contributed by atoms with Gasteiger partial charge in [-0.05, 0) is 45.0 Å². The fraction of sp³-hybridized carbons (Fsp3) is 0.571. The number of likely N-dealkylation sites (tertiary alicyclic amines) is 1. The Morgan fingerprint density at radius 2 is 2.06 bits per heavy atom. The lowest BCUT2D eigenvalue weighted by Crippen LogP contribution is -2.22. The van der Waals surface area contributed by atoms with Crippen LogP contribution in [0.3, 0.4) is 0 Å². The number of anilines is 2. The first-order valence-electron chi connectivity index (χ1n) is 6.69. The maximum absolute atomic E-state index is 5.81. The van der Waals surface area contributed by atoms with Crippen molar-refractivity contribution in [2.75, 3.05) is 44.3 Å². The third-order valence-electron chi connectivity index (χ3n) is 3.34. The van der Waals surface area contributed by atoms with Gasteiger partial charge in [-0.15, -0.1) is 0 Å². The highest BCUT2D eigenvalue weighted by Crippen LogP contribution is 2.22. The Hall–Kier alpha value is -1.42. The predicted molar refractivity (Wildman–Crippen MR) is 76.2 cm³/mol.